The predicted molar refractivity (Wildman–Crippen MR) is 104 cm³/mol. The number of hydrogen-bond donors (Lipinski definition) is 0. The van der Waals surface area contributed by atoms with Gasteiger partial charge < -0.3 is 14.3 Å². The fourth-order valence-corrected chi connectivity index (χ4v) is 2.70. The molecule has 1 aromatic carbocycles. The Morgan fingerprint density at radius 1 is 1.10 bits per heavy atom. The van der Waals surface area contributed by atoms with Crippen LogP contribution >= 0.6 is 0 Å². The molecular weight excluding hydrogens is 394 g/mol. The molecule has 0 spiro atoms. The molecule has 0 fully saturated rings. The molecule has 0 bridgehead atoms. The van der Waals surface area contributed by atoms with Gasteiger partial charge in [0.1, 0.15) is 11.6 Å². The topological polar surface area (TPSA) is 88.2 Å². The first-order valence-corrected chi connectivity index (χ1v) is 9.39. The molecule has 0 atom stereocenters. The van der Waals surface area contributed by atoms with E-state index in [2.05, 4.69) is 20.1 Å². The minimum atomic E-state index is -0.679. The van der Waals surface area contributed by atoms with E-state index in [4.69, 9.17) is 4.52 Å². The summed E-state index contributed by atoms with van der Waals surface area (Å²) in [6.07, 6.45) is 3.47. The van der Waals surface area contributed by atoms with Crippen molar-refractivity contribution in [3.05, 3.63) is 59.7 Å². The molecule has 158 valence electrons. The van der Waals surface area contributed by atoms with Crippen molar-refractivity contribution in [2.45, 2.75) is 19.4 Å². The Balaban J connectivity index is 1.65. The average molecular weight is 416 g/mol. The van der Waals surface area contributed by atoms with Gasteiger partial charge in [0.15, 0.2) is 0 Å². The van der Waals surface area contributed by atoms with Crippen LogP contribution in [0.2, 0.25) is 0 Å². The molecule has 0 aliphatic heterocycles. The summed E-state index contributed by atoms with van der Waals surface area (Å²) >= 11 is 0. The Labute approximate surface area is 172 Å². The van der Waals surface area contributed by atoms with Crippen molar-refractivity contribution >= 4 is 5.91 Å². The molecule has 2 aromatic heterocycles. The highest BCUT2D eigenvalue weighted by Gasteiger charge is 2.18. The predicted octanol–water partition coefficient (Wildman–Crippen LogP) is 2.33. The molecule has 10 heteroatoms. The monoisotopic (exact) mass is 416 g/mol. The Hall–Kier alpha value is -3.27. The van der Waals surface area contributed by atoms with Crippen LogP contribution in [0.25, 0.3) is 11.6 Å². The first kappa shape index (κ1) is 21.4. The van der Waals surface area contributed by atoms with Crippen LogP contribution in [-0.4, -0.2) is 63.0 Å². The fourth-order valence-electron chi connectivity index (χ4n) is 2.70. The molecule has 30 heavy (non-hydrogen) atoms. The maximum absolute atomic E-state index is 14.1. The molecule has 0 aliphatic rings. The zero-order valence-corrected chi connectivity index (χ0v) is 16.8. The zero-order chi connectivity index (χ0) is 21.5. The van der Waals surface area contributed by atoms with Crippen LogP contribution in [0.1, 0.15) is 17.9 Å². The largest absolute Gasteiger partial charge is 0.339 e. The van der Waals surface area contributed by atoms with Crippen molar-refractivity contribution in [2.24, 2.45) is 0 Å². The van der Waals surface area contributed by atoms with Gasteiger partial charge in [0.25, 0.3) is 0 Å². The third-order valence-electron chi connectivity index (χ3n) is 4.33. The molecule has 0 radical (unpaired) electrons. The van der Waals surface area contributed by atoms with Crippen LogP contribution in [0.5, 0.6) is 0 Å². The van der Waals surface area contributed by atoms with E-state index >= 15 is 0 Å². The third kappa shape index (κ3) is 5.86. The minimum Gasteiger partial charge on any atom is -0.339 e. The van der Waals surface area contributed by atoms with Crippen LogP contribution in [-0.2, 0) is 17.8 Å². The first-order chi connectivity index (χ1) is 14.4. The van der Waals surface area contributed by atoms with Gasteiger partial charge in [-0.1, -0.05) is 11.2 Å². The number of amides is 1. The SMILES string of the molecule is CN(C)CCN(Cc1ccc(F)cc1F)C(=O)CCc1nc(-c2ncccn2)no1. The van der Waals surface area contributed by atoms with Gasteiger partial charge in [0, 0.05) is 56.5 Å². The average Bonchev–Trinajstić information content (AvgIpc) is 3.20. The Morgan fingerprint density at radius 3 is 2.57 bits per heavy atom. The van der Waals surface area contributed by atoms with E-state index in [0.29, 0.717) is 18.9 Å². The summed E-state index contributed by atoms with van der Waals surface area (Å²) in [7, 11) is 3.76. The number of carbonyl (C=O) groups excluding carboxylic acids is 1. The van der Waals surface area contributed by atoms with E-state index in [0.717, 1.165) is 6.07 Å². The van der Waals surface area contributed by atoms with E-state index in [1.54, 1.807) is 18.5 Å². The van der Waals surface area contributed by atoms with Crippen molar-refractivity contribution in [1.82, 2.24) is 29.9 Å². The molecule has 8 nitrogen and oxygen atoms in total. The van der Waals surface area contributed by atoms with Crippen LogP contribution in [0, 0.1) is 11.6 Å². The number of nitrogens with zero attached hydrogens (tertiary/aromatic N) is 6. The van der Waals surface area contributed by atoms with Gasteiger partial charge >= 0.3 is 0 Å². The van der Waals surface area contributed by atoms with Crippen LogP contribution in [0.4, 0.5) is 8.78 Å². The van der Waals surface area contributed by atoms with Gasteiger partial charge in [-0.05, 0) is 26.2 Å². The van der Waals surface area contributed by atoms with E-state index in [1.807, 2.05) is 19.0 Å². The fraction of sp³-hybridized carbons (Fsp3) is 0.350. The summed E-state index contributed by atoms with van der Waals surface area (Å²) in [6, 6.07) is 5.02. The highest BCUT2D eigenvalue weighted by atomic mass is 19.1. The van der Waals surface area contributed by atoms with Crippen molar-refractivity contribution in [3.63, 3.8) is 0 Å². The molecule has 0 unspecified atom stereocenters. The van der Waals surface area contributed by atoms with Crippen LogP contribution < -0.4 is 0 Å². The Kier molecular flexibility index (Phi) is 7.12. The summed E-state index contributed by atoms with van der Waals surface area (Å²) in [5, 5.41) is 3.83. The van der Waals surface area contributed by atoms with Gasteiger partial charge in [-0.2, -0.15) is 4.98 Å². The van der Waals surface area contributed by atoms with E-state index in [1.165, 1.54) is 17.0 Å². The third-order valence-corrected chi connectivity index (χ3v) is 4.33. The first-order valence-electron chi connectivity index (χ1n) is 9.39. The highest BCUT2D eigenvalue weighted by Crippen LogP contribution is 2.15. The molecule has 3 rings (SSSR count). The molecule has 0 aliphatic carbocycles. The number of likely N-dealkylation sites (N-methyl/N-ethyl adjacent to an activating group) is 1. The number of benzene rings is 1. The number of carbonyl (C=O) groups is 1. The lowest BCUT2D eigenvalue weighted by atomic mass is 10.1. The van der Waals surface area contributed by atoms with Crippen molar-refractivity contribution in [1.29, 1.82) is 0 Å². The summed E-state index contributed by atoms with van der Waals surface area (Å²) in [5.41, 5.74) is 0.254. The molecule has 0 saturated carbocycles. The number of rotatable bonds is 9. The minimum absolute atomic E-state index is 0.0473. The molecule has 0 N–H and O–H groups in total. The van der Waals surface area contributed by atoms with Gasteiger partial charge in [0.2, 0.25) is 23.4 Å². The van der Waals surface area contributed by atoms with Crippen molar-refractivity contribution in [3.8, 4) is 11.6 Å². The van der Waals surface area contributed by atoms with Gasteiger partial charge in [-0.3, -0.25) is 4.79 Å². The molecule has 1 amide bonds. The van der Waals surface area contributed by atoms with Gasteiger partial charge in [0.05, 0.1) is 0 Å². The van der Waals surface area contributed by atoms with Crippen molar-refractivity contribution in [2.75, 3.05) is 27.2 Å². The second-order valence-electron chi connectivity index (χ2n) is 6.94. The lowest BCUT2D eigenvalue weighted by Gasteiger charge is -2.24. The lowest BCUT2D eigenvalue weighted by molar-refractivity contribution is -0.132. The molecule has 2 heterocycles. The summed E-state index contributed by atoms with van der Waals surface area (Å²) in [4.78, 5) is 28.6. The molecule has 3 aromatic rings. The van der Waals surface area contributed by atoms with Crippen molar-refractivity contribution < 1.29 is 18.1 Å². The maximum atomic E-state index is 14.1. The quantitative estimate of drug-likeness (QED) is 0.529. The second kappa shape index (κ2) is 9.97. The molecule has 0 saturated heterocycles. The summed E-state index contributed by atoms with van der Waals surface area (Å²) in [5.74, 6) is -0.671. The maximum Gasteiger partial charge on any atom is 0.240 e. The van der Waals surface area contributed by atoms with E-state index < -0.39 is 11.6 Å². The van der Waals surface area contributed by atoms with Crippen LogP contribution in [0.3, 0.4) is 0 Å². The normalized spacial score (nSPS) is 11.1. The zero-order valence-electron chi connectivity index (χ0n) is 16.8. The standard InChI is InChI=1S/C20H22F2N6O2/c1-27(2)10-11-28(13-14-4-5-15(21)12-16(14)22)18(29)7-6-17-25-20(26-30-17)19-23-8-3-9-24-19/h3-5,8-9,12H,6-7,10-11,13H2,1-2H3. The van der Waals surface area contributed by atoms with E-state index in [9.17, 15) is 13.6 Å². The summed E-state index contributed by atoms with van der Waals surface area (Å²) in [6.45, 7) is 1.05. The smallest absolute Gasteiger partial charge is 0.240 e. The second-order valence-corrected chi connectivity index (χ2v) is 6.94. The Bertz CT molecular complexity index is 980. The number of aryl methyl sites for hydroxylation is 1. The number of aromatic nitrogens is 4. The van der Waals surface area contributed by atoms with Gasteiger partial charge in [-0.25, -0.2) is 18.7 Å². The van der Waals surface area contributed by atoms with Gasteiger partial charge in [-0.15, -0.1) is 0 Å². The lowest BCUT2D eigenvalue weighted by Crippen LogP contribution is -2.36. The highest BCUT2D eigenvalue weighted by molar-refractivity contribution is 5.76. The number of hydrogen-bond acceptors (Lipinski definition) is 7. The summed E-state index contributed by atoms with van der Waals surface area (Å²) < 4.78 is 32.4. The molecular formula is C20H22F2N6O2. The van der Waals surface area contributed by atoms with E-state index in [-0.39, 0.29) is 42.6 Å². The number of halogens is 2. The Morgan fingerprint density at radius 2 is 1.87 bits per heavy atom. The van der Waals surface area contributed by atoms with Crippen LogP contribution in [0.15, 0.2) is 41.2 Å².